The molecule has 2 heterocycles. The van der Waals surface area contributed by atoms with Gasteiger partial charge in [-0.2, -0.15) is 19.6 Å². The lowest BCUT2D eigenvalue weighted by molar-refractivity contribution is 0.138. The van der Waals surface area contributed by atoms with Crippen molar-refractivity contribution >= 4 is 0 Å². The van der Waals surface area contributed by atoms with Crippen LogP contribution >= 0.6 is 0 Å². The van der Waals surface area contributed by atoms with E-state index in [0.717, 1.165) is 11.1 Å². The summed E-state index contributed by atoms with van der Waals surface area (Å²) in [5.41, 5.74) is 5.04. The van der Waals surface area contributed by atoms with Gasteiger partial charge in [-0.25, -0.2) is 4.79 Å². The van der Waals surface area contributed by atoms with E-state index in [0.29, 0.717) is 5.69 Å². The van der Waals surface area contributed by atoms with Gasteiger partial charge in [0.1, 0.15) is 12.6 Å². The summed E-state index contributed by atoms with van der Waals surface area (Å²) in [6.07, 6.45) is 4.43. The van der Waals surface area contributed by atoms with Gasteiger partial charge in [-0.15, -0.1) is 0 Å². The van der Waals surface area contributed by atoms with Crippen molar-refractivity contribution in [3.05, 3.63) is 83.9 Å². The molecule has 0 unspecified atom stereocenters. The lowest BCUT2D eigenvalue weighted by Gasteiger charge is -2.11. The third kappa shape index (κ3) is 2.39. The van der Waals surface area contributed by atoms with Crippen LogP contribution in [0.2, 0.25) is 0 Å². The average Bonchev–Trinajstić information content (AvgIpc) is 3.25. The Hall–Kier alpha value is -3.32. The largest absolute Gasteiger partial charge is 0.394 e. The van der Waals surface area contributed by atoms with Crippen LogP contribution in [0.5, 0.6) is 0 Å². The van der Waals surface area contributed by atoms with Gasteiger partial charge in [0.2, 0.25) is 0 Å². The zero-order valence-corrected chi connectivity index (χ0v) is 12.0. The van der Waals surface area contributed by atoms with Gasteiger partial charge in [-0.05, 0) is 28.8 Å². The molecular weight excluding hydrogens is 294 g/mol. The molecule has 1 aliphatic rings. The Bertz CT molecular complexity index is 913. The van der Waals surface area contributed by atoms with Crippen molar-refractivity contribution < 1.29 is 4.84 Å². The minimum Gasteiger partial charge on any atom is -0.394 e. The molecular formula is C16H13N5O2. The fraction of sp³-hybridized carbons (Fsp3) is 0. The summed E-state index contributed by atoms with van der Waals surface area (Å²) >= 11 is 0. The number of aromatic nitrogens is 3. The quantitative estimate of drug-likeness (QED) is 0.795. The Morgan fingerprint density at radius 3 is 2.61 bits per heavy atom. The molecule has 0 saturated carbocycles. The second-order valence-electron chi connectivity index (χ2n) is 4.93. The second kappa shape index (κ2) is 5.47. The molecule has 0 aliphatic carbocycles. The standard InChI is InChI=1S/C16H13N5O2/c22-16-19(20-9-10-23-18-20)12-17-21(16)15-8-4-7-14(11-15)13-5-2-1-3-6-13/h1-12,18H. The van der Waals surface area contributed by atoms with Crippen LogP contribution in [0.15, 0.2) is 78.2 Å². The molecule has 3 aromatic rings. The highest BCUT2D eigenvalue weighted by Gasteiger charge is 2.14. The third-order valence-electron chi connectivity index (χ3n) is 3.50. The summed E-state index contributed by atoms with van der Waals surface area (Å²) < 4.78 is 2.64. The number of hydrazine groups is 1. The molecule has 0 bridgehead atoms. The molecule has 0 amide bonds. The van der Waals surface area contributed by atoms with Crippen molar-refractivity contribution in [2.75, 3.05) is 5.12 Å². The second-order valence-corrected chi connectivity index (χ2v) is 4.93. The number of rotatable bonds is 3. The molecule has 0 spiro atoms. The third-order valence-corrected chi connectivity index (χ3v) is 3.50. The summed E-state index contributed by atoms with van der Waals surface area (Å²) in [5.74, 6) is 0. The Morgan fingerprint density at radius 2 is 1.83 bits per heavy atom. The van der Waals surface area contributed by atoms with Crippen molar-refractivity contribution in [2.24, 2.45) is 0 Å². The van der Waals surface area contributed by atoms with E-state index in [9.17, 15) is 4.79 Å². The molecule has 7 nitrogen and oxygen atoms in total. The van der Waals surface area contributed by atoms with E-state index < -0.39 is 0 Å². The summed E-state index contributed by atoms with van der Waals surface area (Å²) in [5, 5.41) is 5.56. The minimum atomic E-state index is -0.308. The SMILES string of the molecule is O=c1n(N2C=CON2)cnn1-c1cccc(-c2ccccc2)c1. The monoisotopic (exact) mass is 307 g/mol. The van der Waals surface area contributed by atoms with Gasteiger partial charge in [-0.1, -0.05) is 42.5 Å². The molecule has 0 saturated heterocycles. The Balaban J connectivity index is 1.74. The van der Waals surface area contributed by atoms with Gasteiger partial charge in [0.15, 0.2) is 0 Å². The van der Waals surface area contributed by atoms with Crippen molar-refractivity contribution in [2.45, 2.75) is 0 Å². The van der Waals surface area contributed by atoms with E-state index in [2.05, 4.69) is 10.7 Å². The van der Waals surface area contributed by atoms with Gasteiger partial charge in [0.25, 0.3) is 0 Å². The van der Waals surface area contributed by atoms with Crippen molar-refractivity contribution in [3.63, 3.8) is 0 Å². The number of nitrogens with one attached hydrogen (secondary N) is 1. The Morgan fingerprint density at radius 1 is 1.00 bits per heavy atom. The van der Waals surface area contributed by atoms with Crippen LogP contribution in [0.3, 0.4) is 0 Å². The molecule has 2 aromatic carbocycles. The molecule has 4 rings (SSSR count). The van der Waals surface area contributed by atoms with Crippen molar-refractivity contribution in [1.29, 1.82) is 0 Å². The summed E-state index contributed by atoms with van der Waals surface area (Å²) in [4.78, 5) is 17.4. The first-order valence-electron chi connectivity index (χ1n) is 7.03. The minimum absolute atomic E-state index is 0.308. The highest BCUT2D eigenvalue weighted by atomic mass is 16.7. The van der Waals surface area contributed by atoms with Crippen molar-refractivity contribution in [1.82, 2.24) is 20.0 Å². The molecule has 1 aromatic heterocycles. The molecule has 1 N–H and O–H groups in total. The van der Waals surface area contributed by atoms with E-state index in [4.69, 9.17) is 4.84 Å². The fourth-order valence-electron chi connectivity index (χ4n) is 2.39. The first-order chi connectivity index (χ1) is 11.3. The van der Waals surface area contributed by atoms with Crippen LogP contribution < -0.4 is 16.4 Å². The van der Waals surface area contributed by atoms with Crippen LogP contribution in [0.4, 0.5) is 0 Å². The van der Waals surface area contributed by atoms with E-state index >= 15 is 0 Å². The van der Waals surface area contributed by atoms with Gasteiger partial charge in [0.05, 0.1) is 11.9 Å². The van der Waals surface area contributed by atoms with E-state index in [1.54, 1.807) is 6.20 Å². The number of nitrogens with zero attached hydrogens (tertiary/aromatic N) is 4. The predicted molar refractivity (Wildman–Crippen MR) is 84.8 cm³/mol. The molecule has 0 radical (unpaired) electrons. The van der Waals surface area contributed by atoms with Crippen LogP contribution in [0, 0.1) is 0 Å². The lowest BCUT2D eigenvalue weighted by Crippen LogP contribution is -2.43. The smallest absolute Gasteiger partial charge is 0.371 e. The Labute approximate surface area is 131 Å². The van der Waals surface area contributed by atoms with Gasteiger partial charge in [0, 0.05) is 0 Å². The summed E-state index contributed by atoms with van der Waals surface area (Å²) in [7, 11) is 0. The van der Waals surface area contributed by atoms with E-state index in [-0.39, 0.29) is 5.69 Å². The van der Waals surface area contributed by atoms with Gasteiger partial charge in [-0.3, -0.25) is 0 Å². The molecule has 114 valence electrons. The zero-order chi connectivity index (χ0) is 15.6. The molecule has 7 heteroatoms. The highest BCUT2D eigenvalue weighted by molar-refractivity contribution is 5.65. The number of hydrogen-bond acceptors (Lipinski definition) is 5. The molecule has 0 fully saturated rings. The predicted octanol–water partition coefficient (Wildman–Crippen LogP) is 1.56. The molecule has 1 aliphatic heterocycles. The number of hydrogen-bond donors (Lipinski definition) is 1. The van der Waals surface area contributed by atoms with Crippen LogP contribution in [-0.4, -0.2) is 14.5 Å². The van der Waals surface area contributed by atoms with Gasteiger partial charge >= 0.3 is 5.69 Å². The first-order valence-corrected chi connectivity index (χ1v) is 7.03. The normalized spacial score (nSPS) is 13.3. The van der Waals surface area contributed by atoms with Gasteiger partial charge < -0.3 is 4.84 Å². The summed E-state index contributed by atoms with van der Waals surface area (Å²) in [6.45, 7) is 0. The first kappa shape index (κ1) is 13.4. The maximum atomic E-state index is 12.5. The Kier molecular flexibility index (Phi) is 3.17. The van der Waals surface area contributed by atoms with Crippen LogP contribution in [-0.2, 0) is 4.84 Å². The average molecular weight is 307 g/mol. The maximum absolute atomic E-state index is 12.5. The van der Waals surface area contributed by atoms with Crippen LogP contribution in [0.25, 0.3) is 16.8 Å². The molecule has 23 heavy (non-hydrogen) atoms. The van der Waals surface area contributed by atoms with Crippen LogP contribution in [0.1, 0.15) is 0 Å². The topological polar surface area (TPSA) is 64.3 Å². The maximum Gasteiger partial charge on any atom is 0.371 e. The highest BCUT2D eigenvalue weighted by Crippen LogP contribution is 2.20. The zero-order valence-electron chi connectivity index (χ0n) is 12.0. The summed E-state index contributed by atoms with van der Waals surface area (Å²) in [6, 6.07) is 17.7. The number of benzene rings is 2. The van der Waals surface area contributed by atoms with E-state index in [1.165, 1.54) is 27.1 Å². The lowest BCUT2D eigenvalue weighted by atomic mass is 10.1. The fourth-order valence-corrected chi connectivity index (χ4v) is 2.39. The van der Waals surface area contributed by atoms with Crippen molar-refractivity contribution in [3.8, 4) is 16.8 Å². The van der Waals surface area contributed by atoms with E-state index in [1.807, 2.05) is 54.6 Å². The molecule has 0 atom stereocenters.